The summed E-state index contributed by atoms with van der Waals surface area (Å²) in [5.41, 5.74) is 0. The molecule has 0 saturated carbocycles. The van der Waals surface area contributed by atoms with Crippen molar-refractivity contribution in [2.24, 2.45) is 0 Å². The fourth-order valence-electron chi connectivity index (χ4n) is 2.16. The van der Waals surface area contributed by atoms with E-state index in [4.69, 9.17) is 9.47 Å². The molecule has 0 aliphatic carbocycles. The molecule has 0 radical (unpaired) electrons. The van der Waals surface area contributed by atoms with E-state index in [9.17, 15) is 0 Å². The van der Waals surface area contributed by atoms with Gasteiger partial charge in [0.05, 0.1) is 6.10 Å². The summed E-state index contributed by atoms with van der Waals surface area (Å²) in [7, 11) is 2.04. The molecule has 1 aliphatic heterocycles. The van der Waals surface area contributed by atoms with Crippen LogP contribution in [0.1, 0.15) is 45.4 Å². The number of nitrogens with one attached hydrogen (secondary N) is 1. The predicted octanol–water partition coefficient (Wildman–Crippen LogP) is 2.35. The molecule has 0 aromatic carbocycles. The van der Waals surface area contributed by atoms with Gasteiger partial charge in [0.2, 0.25) is 0 Å². The Morgan fingerprint density at radius 2 is 2.25 bits per heavy atom. The molecule has 1 heterocycles. The SMILES string of the molecule is CCCOCCC(CCC1CCCO1)NC. The molecule has 3 nitrogen and oxygen atoms in total. The smallest absolute Gasteiger partial charge is 0.0576 e. The Morgan fingerprint density at radius 1 is 1.38 bits per heavy atom. The molecule has 0 amide bonds. The first kappa shape index (κ1) is 13.9. The third kappa shape index (κ3) is 5.83. The molecule has 0 spiro atoms. The summed E-state index contributed by atoms with van der Waals surface area (Å²) < 4.78 is 11.1. The van der Waals surface area contributed by atoms with Gasteiger partial charge in [0.15, 0.2) is 0 Å². The fourth-order valence-corrected chi connectivity index (χ4v) is 2.16. The molecule has 1 rings (SSSR count). The Bertz CT molecular complexity index is 158. The first-order valence-electron chi connectivity index (χ1n) is 6.73. The highest BCUT2D eigenvalue weighted by Crippen LogP contribution is 2.18. The van der Waals surface area contributed by atoms with Gasteiger partial charge in [-0.3, -0.25) is 0 Å². The number of hydrogen-bond acceptors (Lipinski definition) is 3. The van der Waals surface area contributed by atoms with Crippen molar-refractivity contribution in [2.75, 3.05) is 26.9 Å². The second kappa shape index (κ2) is 8.97. The van der Waals surface area contributed by atoms with Crippen LogP contribution in [0.5, 0.6) is 0 Å². The van der Waals surface area contributed by atoms with Crippen molar-refractivity contribution in [3.63, 3.8) is 0 Å². The van der Waals surface area contributed by atoms with Gasteiger partial charge in [-0.05, 0) is 45.6 Å². The van der Waals surface area contributed by atoms with Crippen molar-refractivity contribution in [3.05, 3.63) is 0 Å². The minimum absolute atomic E-state index is 0.521. The summed E-state index contributed by atoms with van der Waals surface area (Å²) in [5, 5.41) is 3.37. The number of ether oxygens (including phenoxy) is 2. The van der Waals surface area contributed by atoms with Gasteiger partial charge in [-0.1, -0.05) is 6.92 Å². The second-order valence-corrected chi connectivity index (χ2v) is 4.60. The average molecular weight is 229 g/mol. The van der Waals surface area contributed by atoms with Crippen LogP contribution in [-0.4, -0.2) is 39.0 Å². The van der Waals surface area contributed by atoms with Gasteiger partial charge in [0.25, 0.3) is 0 Å². The van der Waals surface area contributed by atoms with Gasteiger partial charge in [-0.15, -0.1) is 0 Å². The van der Waals surface area contributed by atoms with Crippen molar-refractivity contribution in [3.8, 4) is 0 Å². The van der Waals surface area contributed by atoms with Gasteiger partial charge in [-0.2, -0.15) is 0 Å². The highest BCUT2D eigenvalue weighted by molar-refractivity contribution is 4.70. The van der Waals surface area contributed by atoms with E-state index < -0.39 is 0 Å². The minimum Gasteiger partial charge on any atom is -0.381 e. The van der Waals surface area contributed by atoms with Crippen LogP contribution < -0.4 is 5.32 Å². The van der Waals surface area contributed by atoms with Crippen molar-refractivity contribution in [1.82, 2.24) is 5.32 Å². The Kier molecular flexibility index (Phi) is 7.81. The molecule has 3 heteroatoms. The topological polar surface area (TPSA) is 30.5 Å². The molecule has 0 aromatic rings. The van der Waals surface area contributed by atoms with E-state index in [-0.39, 0.29) is 0 Å². The fraction of sp³-hybridized carbons (Fsp3) is 1.00. The van der Waals surface area contributed by atoms with Crippen LogP contribution in [0.2, 0.25) is 0 Å². The molecule has 2 unspecified atom stereocenters. The zero-order chi connectivity index (χ0) is 11.6. The van der Waals surface area contributed by atoms with Crippen LogP contribution in [0.15, 0.2) is 0 Å². The molecule has 0 bridgehead atoms. The second-order valence-electron chi connectivity index (χ2n) is 4.60. The van der Waals surface area contributed by atoms with Gasteiger partial charge < -0.3 is 14.8 Å². The lowest BCUT2D eigenvalue weighted by molar-refractivity contribution is 0.0945. The van der Waals surface area contributed by atoms with Crippen LogP contribution in [0.25, 0.3) is 0 Å². The van der Waals surface area contributed by atoms with Crippen LogP contribution in [-0.2, 0) is 9.47 Å². The van der Waals surface area contributed by atoms with Crippen molar-refractivity contribution in [2.45, 2.75) is 57.6 Å². The quantitative estimate of drug-likeness (QED) is 0.616. The Hall–Kier alpha value is -0.120. The molecule has 1 N–H and O–H groups in total. The third-order valence-electron chi connectivity index (χ3n) is 3.23. The largest absolute Gasteiger partial charge is 0.381 e. The summed E-state index contributed by atoms with van der Waals surface area (Å²) in [4.78, 5) is 0. The van der Waals surface area contributed by atoms with E-state index in [0.29, 0.717) is 12.1 Å². The average Bonchev–Trinajstić information content (AvgIpc) is 2.81. The monoisotopic (exact) mass is 229 g/mol. The Morgan fingerprint density at radius 3 is 2.88 bits per heavy atom. The van der Waals surface area contributed by atoms with Gasteiger partial charge in [-0.25, -0.2) is 0 Å². The lowest BCUT2D eigenvalue weighted by Gasteiger charge is -2.18. The first-order chi connectivity index (χ1) is 7.86. The molecular weight excluding hydrogens is 202 g/mol. The van der Waals surface area contributed by atoms with E-state index in [0.717, 1.165) is 32.7 Å². The number of hydrogen-bond donors (Lipinski definition) is 1. The summed E-state index contributed by atoms with van der Waals surface area (Å²) in [6.45, 7) is 4.88. The van der Waals surface area contributed by atoms with Crippen molar-refractivity contribution >= 4 is 0 Å². The minimum atomic E-state index is 0.521. The van der Waals surface area contributed by atoms with E-state index in [1.807, 2.05) is 7.05 Å². The van der Waals surface area contributed by atoms with Crippen molar-refractivity contribution in [1.29, 1.82) is 0 Å². The van der Waals surface area contributed by atoms with Crippen molar-refractivity contribution < 1.29 is 9.47 Å². The number of rotatable bonds is 9. The summed E-state index contributed by atoms with van der Waals surface area (Å²) in [6, 6.07) is 0.584. The van der Waals surface area contributed by atoms with E-state index in [1.165, 1.54) is 25.7 Å². The van der Waals surface area contributed by atoms with Gasteiger partial charge in [0, 0.05) is 25.9 Å². The predicted molar refractivity (Wildman–Crippen MR) is 66.8 cm³/mol. The highest BCUT2D eigenvalue weighted by Gasteiger charge is 2.17. The molecule has 2 atom stereocenters. The maximum Gasteiger partial charge on any atom is 0.0576 e. The molecular formula is C13H27NO2. The van der Waals surface area contributed by atoms with Crippen LogP contribution in [0.3, 0.4) is 0 Å². The zero-order valence-electron chi connectivity index (χ0n) is 10.8. The van der Waals surface area contributed by atoms with Crippen LogP contribution in [0.4, 0.5) is 0 Å². The summed E-state index contributed by atoms with van der Waals surface area (Å²) >= 11 is 0. The molecule has 1 aliphatic rings. The summed E-state index contributed by atoms with van der Waals surface area (Å²) in [5.74, 6) is 0. The Labute approximate surface area is 99.9 Å². The van der Waals surface area contributed by atoms with Crippen LogP contribution >= 0.6 is 0 Å². The normalized spacial score (nSPS) is 22.5. The maximum atomic E-state index is 5.63. The molecule has 1 saturated heterocycles. The first-order valence-corrected chi connectivity index (χ1v) is 6.73. The zero-order valence-corrected chi connectivity index (χ0v) is 10.8. The third-order valence-corrected chi connectivity index (χ3v) is 3.23. The van der Waals surface area contributed by atoms with Gasteiger partial charge >= 0.3 is 0 Å². The van der Waals surface area contributed by atoms with E-state index in [2.05, 4.69) is 12.2 Å². The van der Waals surface area contributed by atoms with Crippen LogP contribution in [0, 0.1) is 0 Å². The van der Waals surface area contributed by atoms with E-state index in [1.54, 1.807) is 0 Å². The maximum absolute atomic E-state index is 5.63. The molecule has 0 aromatic heterocycles. The van der Waals surface area contributed by atoms with E-state index >= 15 is 0 Å². The Balaban J connectivity index is 2.01. The highest BCUT2D eigenvalue weighted by atomic mass is 16.5. The lowest BCUT2D eigenvalue weighted by Crippen LogP contribution is -2.28. The van der Waals surface area contributed by atoms with Gasteiger partial charge in [0.1, 0.15) is 0 Å². The lowest BCUT2D eigenvalue weighted by atomic mass is 10.0. The standard InChI is InChI=1S/C13H27NO2/c1-3-9-15-11-8-12(14-2)6-7-13-5-4-10-16-13/h12-14H,3-11H2,1-2H3. The molecule has 16 heavy (non-hydrogen) atoms. The molecule has 1 fully saturated rings. The summed E-state index contributed by atoms with van der Waals surface area (Å²) in [6.07, 6.45) is 7.64. The molecule has 96 valence electrons.